The summed E-state index contributed by atoms with van der Waals surface area (Å²) >= 11 is 0. The maximum absolute atomic E-state index is 12.5. The molecule has 186 valence electrons. The average molecular weight is 485 g/mol. The van der Waals surface area contributed by atoms with Gasteiger partial charge in [-0.2, -0.15) is 10.3 Å². The number of H-pyrrole nitrogens is 1. The highest BCUT2D eigenvalue weighted by Crippen LogP contribution is 2.33. The lowest BCUT2D eigenvalue weighted by Crippen LogP contribution is -2.25. The molecule has 3 heterocycles. The third-order valence-electron chi connectivity index (χ3n) is 7.08. The van der Waals surface area contributed by atoms with Gasteiger partial charge < -0.3 is 0 Å². The predicted molar refractivity (Wildman–Crippen MR) is 136 cm³/mol. The molecule has 5 rings (SSSR count). The number of aromatic nitrogens is 8. The second kappa shape index (κ2) is 10.9. The molecule has 4 aromatic rings. The zero-order valence-electron chi connectivity index (χ0n) is 20.9. The molecule has 0 aliphatic heterocycles. The van der Waals surface area contributed by atoms with Crippen molar-refractivity contribution in [2.24, 2.45) is 5.92 Å². The number of hydrogen-bond acceptors (Lipinski definition) is 7. The minimum atomic E-state index is 0.0360. The van der Waals surface area contributed by atoms with Crippen LogP contribution >= 0.6 is 0 Å². The average Bonchev–Trinajstić information content (AvgIpc) is 3.59. The van der Waals surface area contributed by atoms with Gasteiger partial charge in [-0.25, -0.2) is 9.67 Å². The van der Waals surface area contributed by atoms with Gasteiger partial charge in [-0.3, -0.25) is 9.78 Å². The Bertz CT molecular complexity index is 1300. The summed E-state index contributed by atoms with van der Waals surface area (Å²) in [6.07, 6.45) is 8.41. The van der Waals surface area contributed by atoms with Crippen molar-refractivity contribution in [3.63, 3.8) is 0 Å². The third-order valence-corrected chi connectivity index (χ3v) is 7.08. The topological polar surface area (TPSA) is 115 Å². The first-order valence-electron chi connectivity index (χ1n) is 12.9. The zero-order valence-corrected chi connectivity index (χ0v) is 20.9. The van der Waals surface area contributed by atoms with Crippen LogP contribution in [0.5, 0.6) is 0 Å². The van der Waals surface area contributed by atoms with Crippen LogP contribution in [0.4, 0.5) is 0 Å². The van der Waals surface area contributed by atoms with E-state index in [9.17, 15) is 4.79 Å². The van der Waals surface area contributed by atoms with E-state index in [0.717, 1.165) is 72.7 Å². The lowest BCUT2D eigenvalue weighted by molar-refractivity contribution is -0.125. The quantitative estimate of drug-likeness (QED) is 0.364. The molecule has 1 fully saturated rings. The van der Waals surface area contributed by atoms with E-state index in [1.54, 1.807) is 0 Å². The van der Waals surface area contributed by atoms with Gasteiger partial charge in [0, 0.05) is 48.5 Å². The van der Waals surface area contributed by atoms with E-state index in [2.05, 4.69) is 40.5 Å². The molecule has 1 aromatic carbocycles. The second-order valence-corrected chi connectivity index (χ2v) is 9.58. The van der Waals surface area contributed by atoms with Crippen molar-refractivity contribution in [1.29, 1.82) is 0 Å². The molecule has 0 amide bonds. The molecule has 0 saturated heterocycles. The fourth-order valence-corrected chi connectivity index (χ4v) is 4.97. The van der Waals surface area contributed by atoms with Crippen molar-refractivity contribution < 1.29 is 4.79 Å². The number of hydrogen-bond donors (Lipinski definition) is 1. The largest absolute Gasteiger partial charge is 0.299 e. The van der Waals surface area contributed by atoms with E-state index in [1.165, 1.54) is 0 Å². The molecule has 0 bridgehead atoms. The van der Waals surface area contributed by atoms with Gasteiger partial charge in [0.25, 0.3) is 0 Å². The van der Waals surface area contributed by atoms with Gasteiger partial charge in [0.05, 0.1) is 5.69 Å². The predicted octanol–water partition coefficient (Wildman–Crippen LogP) is 4.77. The van der Waals surface area contributed by atoms with Crippen molar-refractivity contribution in [3.8, 4) is 22.6 Å². The first kappa shape index (κ1) is 24.0. The second-order valence-electron chi connectivity index (χ2n) is 9.58. The SMILES string of the molecule is CCCCn1nc(C(C)C2CCCCC2=O)nc1Cc1ccc(-c2ccccc2-c2nn[nH]n2)nc1. The Kier molecular flexibility index (Phi) is 7.25. The van der Waals surface area contributed by atoms with Crippen LogP contribution in [0, 0.1) is 5.92 Å². The number of carbonyl (C=O) groups is 1. The van der Waals surface area contributed by atoms with Gasteiger partial charge in [-0.1, -0.05) is 57.0 Å². The normalized spacial score (nSPS) is 16.8. The fourth-order valence-electron chi connectivity index (χ4n) is 4.97. The van der Waals surface area contributed by atoms with E-state index >= 15 is 0 Å². The first-order chi connectivity index (χ1) is 17.6. The van der Waals surface area contributed by atoms with Crippen LogP contribution in [-0.2, 0) is 17.8 Å². The number of carbonyl (C=O) groups excluding carboxylic acids is 1. The molecule has 2 atom stereocenters. The third kappa shape index (κ3) is 5.10. The lowest BCUT2D eigenvalue weighted by Gasteiger charge is -2.24. The molecule has 9 heteroatoms. The summed E-state index contributed by atoms with van der Waals surface area (Å²) in [7, 11) is 0. The number of unbranched alkanes of at least 4 members (excludes halogenated alkanes) is 1. The number of rotatable bonds is 9. The summed E-state index contributed by atoms with van der Waals surface area (Å²) in [6.45, 7) is 5.11. The van der Waals surface area contributed by atoms with Crippen LogP contribution in [0.25, 0.3) is 22.6 Å². The van der Waals surface area contributed by atoms with Crippen molar-refractivity contribution in [3.05, 3.63) is 59.8 Å². The molecule has 1 aliphatic carbocycles. The summed E-state index contributed by atoms with van der Waals surface area (Å²) in [4.78, 5) is 22.2. The maximum atomic E-state index is 12.5. The Morgan fingerprint density at radius 1 is 1.14 bits per heavy atom. The lowest BCUT2D eigenvalue weighted by atomic mass is 9.79. The van der Waals surface area contributed by atoms with E-state index < -0.39 is 0 Å². The Morgan fingerprint density at radius 3 is 2.72 bits per heavy atom. The van der Waals surface area contributed by atoms with Crippen LogP contribution in [0.3, 0.4) is 0 Å². The van der Waals surface area contributed by atoms with Crippen molar-refractivity contribution in [2.75, 3.05) is 0 Å². The smallest absolute Gasteiger partial charge is 0.205 e. The number of Topliss-reactive ketones (excluding diaryl/α,β-unsaturated/α-hetero) is 1. The summed E-state index contributed by atoms with van der Waals surface area (Å²) in [6, 6.07) is 12.0. The summed E-state index contributed by atoms with van der Waals surface area (Å²) < 4.78 is 2.03. The van der Waals surface area contributed by atoms with Crippen LogP contribution < -0.4 is 0 Å². The minimum Gasteiger partial charge on any atom is -0.299 e. The van der Waals surface area contributed by atoms with Gasteiger partial charge in [0.15, 0.2) is 5.82 Å². The van der Waals surface area contributed by atoms with E-state index in [-0.39, 0.29) is 11.8 Å². The van der Waals surface area contributed by atoms with Crippen LogP contribution in [0.2, 0.25) is 0 Å². The molecule has 36 heavy (non-hydrogen) atoms. The molecule has 1 N–H and O–H groups in total. The Morgan fingerprint density at radius 2 is 2.00 bits per heavy atom. The number of ketones is 1. The van der Waals surface area contributed by atoms with Crippen LogP contribution in [-0.4, -0.2) is 46.2 Å². The summed E-state index contributed by atoms with van der Waals surface area (Å²) in [5.41, 5.74) is 3.73. The molecule has 1 saturated carbocycles. The van der Waals surface area contributed by atoms with Gasteiger partial charge in [0.2, 0.25) is 5.82 Å². The Hall–Kier alpha value is -3.75. The number of nitrogens with one attached hydrogen (secondary N) is 1. The molecule has 3 aromatic heterocycles. The van der Waals surface area contributed by atoms with Crippen molar-refractivity contribution in [1.82, 2.24) is 40.4 Å². The standard InChI is InChI=1S/C27H32N8O/c1-3-4-15-35-25(29-26(32-35)18(2)20-9-7-8-12-24(20)36)16-19-13-14-23(28-17-19)21-10-5-6-11-22(21)27-30-33-34-31-27/h5-6,10-11,13-14,17-18,20H,3-4,7-9,12,15-16H2,1-2H3,(H,30,31,33,34). The Labute approximate surface area is 210 Å². The highest BCUT2D eigenvalue weighted by Gasteiger charge is 2.31. The van der Waals surface area contributed by atoms with Gasteiger partial charge in [-0.15, -0.1) is 10.2 Å². The molecule has 1 aliphatic rings. The molecular weight excluding hydrogens is 452 g/mol. The highest BCUT2D eigenvalue weighted by molar-refractivity contribution is 5.82. The van der Waals surface area contributed by atoms with E-state index in [4.69, 9.17) is 15.1 Å². The van der Waals surface area contributed by atoms with Crippen LogP contribution in [0.15, 0.2) is 42.6 Å². The van der Waals surface area contributed by atoms with Gasteiger partial charge in [0.1, 0.15) is 11.6 Å². The molecule has 0 spiro atoms. The number of pyridine rings is 1. The van der Waals surface area contributed by atoms with Crippen LogP contribution in [0.1, 0.15) is 75.5 Å². The zero-order chi connectivity index (χ0) is 24.9. The van der Waals surface area contributed by atoms with Crippen molar-refractivity contribution in [2.45, 2.75) is 71.3 Å². The summed E-state index contributed by atoms with van der Waals surface area (Å²) in [5.74, 6) is 2.70. The number of aromatic amines is 1. The minimum absolute atomic E-state index is 0.0360. The molecule has 9 nitrogen and oxygen atoms in total. The number of tetrazole rings is 1. The van der Waals surface area contributed by atoms with E-state index in [0.29, 0.717) is 24.4 Å². The number of nitrogens with zero attached hydrogens (tertiary/aromatic N) is 7. The molecular formula is C27H32N8O. The first-order valence-corrected chi connectivity index (χ1v) is 12.9. The molecule has 0 radical (unpaired) electrons. The number of aryl methyl sites for hydroxylation is 1. The van der Waals surface area contributed by atoms with Gasteiger partial charge >= 0.3 is 0 Å². The summed E-state index contributed by atoms with van der Waals surface area (Å²) in [5, 5.41) is 19.3. The highest BCUT2D eigenvalue weighted by atomic mass is 16.1. The van der Waals surface area contributed by atoms with Gasteiger partial charge in [-0.05, 0) is 36.1 Å². The molecule has 2 unspecified atom stereocenters. The Balaban J connectivity index is 1.38. The maximum Gasteiger partial charge on any atom is 0.205 e. The fraction of sp³-hybridized carbons (Fsp3) is 0.444. The monoisotopic (exact) mass is 484 g/mol. The number of benzene rings is 1. The van der Waals surface area contributed by atoms with E-state index in [1.807, 2.05) is 41.2 Å². The van der Waals surface area contributed by atoms with Crippen molar-refractivity contribution >= 4 is 5.78 Å².